The molecule has 0 spiro atoms. The van der Waals surface area contributed by atoms with E-state index in [0.717, 1.165) is 15.4 Å². The van der Waals surface area contributed by atoms with Gasteiger partial charge in [0.15, 0.2) is 0 Å². The van der Waals surface area contributed by atoms with E-state index in [0.29, 0.717) is 188 Å². The molecule has 22 nitrogen and oxygen atoms in total. The highest BCUT2D eigenvalue weighted by Crippen LogP contribution is 2.40. The average Bonchev–Trinajstić information content (AvgIpc) is 3.98. The van der Waals surface area contributed by atoms with Crippen LogP contribution in [0, 0.1) is 0 Å². The summed E-state index contributed by atoms with van der Waals surface area (Å²) in [6.07, 6.45) is 0.733. The van der Waals surface area contributed by atoms with Gasteiger partial charge >= 0.3 is 5.97 Å². The van der Waals surface area contributed by atoms with Crippen molar-refractivity contribution in [3.8, 4) is 22.6 Å². The third kappa shape index (κ3) is 26.7. The molecule has 0 saturated carbocycles. The maximum Gasteiger partial charge on any atom is 0.331 e. The lowest BCUT2D eigenvalue weighted by atomic mass is 9.91. The number of carbonyl (C=O) groups is 2. The van der Waals surface area contributed by atoms with E-state index < -0.39 is 33.5 Å². The molecule has 1 aliphatic rings. The first-order valence-corrected chi connectivity index (χ1v) is 29.2. The van der Waals surface area contributed by atoms with Crippen LogP contribution < -0.4 is 14.8 Å². The number of nitrogens with zero attached hydrogens (tertiary/aromatic N) is 1. The number of nitrogens with one attached hydrogen (secondary N) is 1. The third-order valence-corrected chi connectivity index (χ3v) is 14.5. The molecule has 0 bridgehead atoms. The number of amides is 1. The maximum absolute atomic E-state index is 13.8. The standard InChI is InChI=1S/C56H84Cl2N2O20S/c1-56(55(62)68-5,59-54(61)50-7-6-12-60(50)81(63,64)49-40-47(57)39-48(58)41-49)42-44-8-10-46(11-9-44)53-51(66-3)37-45(38-52(53)67-4)43-80-36-35-79-34-33-78-32-31-77-30-29-76-28-27-75-26-25-74-24-23-73-22-21-72-20-19-71-18-17-70-16-15-69-14-13-65-2/h8-11,37-41,50H,6-7,12-36,42-43H2,1-5H3,(H,59,61)/t50-,56-/m0/s1. The Morgan fingerprint density at radius 1 is 0.543 bits per heavy atom. The summed E-state index contributed by atoms with van der Waals surface area (Å²) in [6, 6.07) is 14.0. The lowest BCUT2D eigenvalue weighted by Gasteiger charge is -2.31. The molecule has 3 aromatic rings. The van der Waals surface area contributed by atoms with E-state index in [-0.39, 0.29) is 40.9 Å². The van der Waals surface area contributed by atoms with Gasteiger partial charge in [-0.1, -0.05) is 47.5 Å². The van der Waals surface area contributed by atoms with Crippen LogP contribution in [0.25, 0.3) is 11.1 Å². The van der Waals surface area contributed by atoms with Crippen LogP contribution in [0.5, 0.6) is 11.5 Å². The number of sulfonamides is 1. The topological polar surface area (TPSA) is 231 Å². The Labute approximate surface area is 487 Å². The molecule has 3 aromatic carbocycles. The molecule has 1 fully saturated rings. The number of halogens is 2. The van der Waals surface area contributed by atoms with Crippen molar-refractivity contribution in [2.45, 2.75) is 49.3 Å². The van der Waals surface area contributed by atoms with E-state index in [1.165, 1.54) is 25.3 Å². The number of hydrogen-bond acceptors (Lipinski definition) is 20. The van der Waals surface area contributed by atoms with Gasteiger partial charge < -0.3 is 81.1 Å². The zero-order valence-corrected chi connectivity index (χ0v) is 49.9. The normalized spacial score (nSPS) is 14.5. The highest BCUT2D eigenvalue weighted by Gasteiger charge is 2.44. The van der Waals surface area contributed by atoms with Crippen LogP contribution in [0.2, 0.25) is 10.0 Å². The molecule has 0 aliphatic carbocycles. The Hall–Kier alpha value is -3.83. The summed E-state index contributed by atoms with van der Waals surface area (Å²) in [4.78, 5) is 27.0. The van der Waals surface area contributed by atoms with Gasteiger partial charge in [-0.15, -0.1) is 0 Å². The van der Waals surface area contributed by atoms with Crippen molar-refractivity contribution < 1.29 is 93.8 Å². The highest BCUT2D eigenvalue weighted by molar-refractivity contribution is 7.89. The zero-order chi connectivity index (χ0) is 58.4. The van der Waals surface area contributed by atoms with Gasteiger partial charge in [0, 0.05) is 30.1 Å². The second kappa shape index (κ2) is 41.2. The summed E-state index contributed by atoms with van der Waals surface area (Å²) in [5, 5.41) is 3.10. The molecule has 0 unspecified atom stereocenters. The van der Waals surface area contributed by atoms with Gasteiger partial charge in [-0.3, -0.25) is 4.79 Å². The zero-order valence-electron chi connectivity index (χ0n) is 47.6. The van der Waals surface area contributed by atoms with Crippen LogP contribution >= 0.6 is 23.2 Å². The van der Waals surface area contributed by atoms with Crippen LogP contribution in [0.1, 0.15) is 30.9 Å². The van der Waals surface area contributed by atoms with E-state index in [4.69, 9.17) is 99.0 Å². The van der Waals surface area contributed by atoms with Crippen molar-refractivity contribution in [3.63, 3.8) is 0 Å². The molecule has 1 saturated heterocycles. The van der Waals surface area contributed by atoms with Crippen LogP contribution in [0.15, 0.2) is 59.5 Å². The molecular weight excluding hydrogens is 1120 g/mol. The monoisotopic (exact) mass is 1210 g/mol. The van der Waals surface area contributed by atoms with E-state index in [1.807, 2.05) is 36.4 Å². The number of benzene rings is 3. The molecule has 25 heteroatoms. The van der Waals surface area contributed by atoms with Crippen molar-refractivity contribution in [3.05, 3.63) is 75.8 Å². The molecule has 0 radical (unpaired) electrons. The molecule has 1 heterocycles. The van der Waals surface area contributed by atoms with Gasteiger partial charge in [0.05, 0.1) is 197 Å². The van der Waals surface area contributed by atoms with E-state index in [9.17, 15) is 18.0 Å². The fraction of sp³-hybridized carbons (Fsp3) is 0.643. The van der Waals surface area contributed by atoms with Crippen molar-refractivity contribution >= 4 is 45.1 Å². The van der Waals surface area contributed by atoms with E-state index in [2.05, 4.69) is 5.32 Å². The Bertz CT molecular complexity index is 2280. The van der Waals surface area contributed by atoms with Crippen LogP contribution in [0.3, 0.4) is 0 Å². The number of hydrogen-bond donors (Lipinski definition) is 1. The molecule has 0 aromatic heterocycles. The second-order valence-electron chi connectivity index (χ2n) is 18.2. The van der Waals surface area contributed by atoms with Crippen LogP contribution in [-0.4, -0.2) is 230 Å². The highest BCUT2D eigenvalue weighted by atomic mass is 35.5. The first kappa shape index (κ1) is 69.7. The fourth-order valence-corrected chi connectivity index (χ4v) is 10.5. The first-order chi connectivity index (χ1) is 39.4. The molecule has 1 amide bonds. The maximum atomic E-state index is 13.8. The Balaban J connectivity index is 0.999. The van der Waals surface area contributed by atoms with Gasteiger partial charge in [0.25, 0.3) is 0 Å². The minimum atomic E-state index is -4.15. The molecule has 1 N–H and O–H groups in total. The molecule has 81 heavy (non-hydrogen) atoms. The largest absolute Gasteiger partial charge is 0.496 e. The van der Waals surface area contributed by atoms with Gasteiger partial charge in [0.2, 0.25) is 15.9 Å². The lowest BCUT2D eigenvalue weighted by Crippen LogP contribution is -2.58. The molecule has 1 aliphatic heterocycles. The summed E-state index contributed by atoms with van der Waals surface area (Å²) >= 11 is 12.2. The number of esters is 1. The summed E-state index contributed by atoms with van der Waals surface area (Å²) in [5.74, 6) is -0.212. The summed E-state index contributed by atoms with van der Waals surface area (Å²) in [7, 11) is 1.86. The van der Waals surface area contributed by atoms with Gasteiger partial charge in [-0.05, 0) is 66.8 Å². The van der Waals surface area contributed by atoms with Gasteiger partial charge in [0.1, 0.15) is 23.1 Å². The molecule has 2 atom stereocenters. The molecule has 458 valence electrons. The van der Waals surface area contributed by atoms with E-state index >= 15 is 0 Å². The van der Waals surface area contributed by atoms with Crippen molar-refractivity contribution in [2.75, 3.05) is 194 Å². The quantitative estimate of drug-likeness (QED) is 0.0546. The second-order valence-corrected chi connectivity index (χ2v) is 21.0. The Morgan fingerprint density at radius 2 is 0.926 bits per heavy atom. The number of methoxy groups -OCH3 is 4. The summed E-state index contributed by atoms with van der Waals surface area (Å²) in [6.45, 7) is 13.3. The van der Waals surface area contributed by atoms with E-state index in [1.54, 1.807) is 28.3 Å². The van der Waals surface area contributed by atoms with Gasteiger partial charge in [-0.2, -0.15) is 4.31 Å². The van der Waals surface area contributed by atoms with Gasteiger partial charge in [-0.25, -0.2) is 13.2 Å². The summed E-state index contributed by atoms with van der Waals surface area (Å²) < 4.78 is 117. The fourth-order valence-electron chi connectivity index (χ4n) is 8.13. The van der Waals surface area contributed by atoms with Crippen molar-refractivity contribution in [2.24, 2.45) is 0 Å². The van der Waals surface area contributed by atoms with Crippen LogP contribution in [-0.2, 0) is 99.0 Å². The number of ether oxygens (including phenoxy) is 16. The van der Waals surface area contributed by atoms with Crippen molar-refractivity contribution in [1.29, 1.82) is 0 Å². The minimum absolute atomic E-state index is 0.0434. The molecular formula is C56H84Cl2N2O20S. The number of rotatable bonds is 48. The predicted molar refractivity (Wildman–Crippen MR) is 301 cm³/mol. The average molecular weight is 1210 g/mol. The SMILES string of the molecule is COCCOCCOCCOCCOCCOCCOCCOCCOCCOCCOCCOCCOCc1cc(OC)c(-c2ccc(C[C@](C)(NC(=O)[C@@H]3CCCN3S(=O)(=O)c3cc(Cl)cc(Cl)c3)C(=O)OC)cc2)c(OC)c1. The predicted octanol–water partition coefficient (Wildman–Crippen LogP) is 5.47. The first-order valence-electron chi connectivity index (χ1n) is 27.0. The smallest absolute Gasteiger partial charge is 0.331 e. The number of carbonyl (C=O) groups excluding carboxylic acids is 2. The summed E-state index contributed by atoms with van der Waals surface area (Å²) in [5.41, 5.74) is 1.46. The molecule has 4 rings (SSSR count). The third-order valence-electron chi connectivity index (χ3n) is 12.1. The Kier molecular flexibility index (Phi) is 35.5. The Morgan fingerprint density at radius 3 is 1.30 bits per heavy atom. The minimum Gasteiger partial charge on any atom is -0.496 e. The van der Waals surface area contributed by atoms with Crippen molar-refractivity contribution in [1.82, 2.24) is 9.62 Å². The van der Waals surface area contributed by atoms with Crippen LogP contribution in [0.4, 0.5) is 0 Å². The lowest BCUT2D eigenvalue weighted by molar-refractivity contribution is -0.150.